The number of pyridine rings is 2. The zero-order valence-corrected chi connectivity index (χ0v) is 18.7. The van der Waals surface area contributed by atoms with Gasteiger partial charge in [0.15, 0.2) is 5.82 Å². The van der Waals surface area contributed by atoms with Crippen molar-refractivity contribution in [2.75, 3.05) is 18.0 Å². The molecular formula is C27H20FN7. The average Bonchev–Trinajstić information content (AvgIpc) is 3.46. The topological polar surface area (TPSA) is 86.4 Å². The van der Waals surface area contributed by atoms with E-state index < -0.39 is 0 Å². The van der Waals surface area contributed by atoms with E-state index in [9.17, 15) is 4.39 Å². The maximum atomic E-state index is 13.9. The van der Waals surface area contributed by atoms with Gasteiger partial charge in [0, 0.05) is 42.0 Å². The highest BCUT2D eigenvalue weighted by molar-refractivity contribution is 5.98. The summed E-state index contributed by atoms with van der Waals surface area (Å²) in [6.07, 6.45) is 8.47. The van der Waals surface area contributed by atoms with E-state index in [-0.39, 0.29) is 5.82 Å². The molecule has 4 aromatic heterocycles. The highest BCUT2D eigenvalue weighted by Gasteiger charge is 2.18. The van der Waals surface area contributed by atoms with Crippen LogP contribution >= 0.6 is 0 Å². The summed E-state index contributed by atoms with van der Waals surface area (Å²) in [6.45, 7) is 2.16. The molecule has 0 unspecified atom stereocenters. The molecule has 2 N–H and O–H groups in total. The minimum Gasteiger partial charge on any atom is -0.370 e. The number of rotatable bonds is 4. The fraction of sp³-hybridized carbons (Fsp3) is 0.111. The van der Waals surface area contributed by atoms with Crippen LogP contribution in [0.1, 0.15) is 6.42 Å². The summed E-state index contributed by atoms with van der Waals surface area (Å²) in [5.41, 5.74) is 7.88. The van der Waals surface area contributed by atoms with Crippen LogP contribution in [0.25, 0.3) is 55.7 Å². The van der Waals surface area contributed by atoms with Crippen LogP contribution in [-0.2, 0) is 0 Å². The molecule has 6 aromatic rings. The smallest absolute Gasteiger partial charge is 0.159 e. The Morgan fingerprint density at radius 3 is 2.60 bits per heavy atom. The quantitative estimate of drug-likeness (QED) is 0.358. The molecule has 0 spiro atoms. The van der Waals surface area contributed by atoms with Gasteiger partial charge in [-0.2, -0.15) is 5.10 Å². The Kier molecular flexibility index (Phi) is 4.38. The maximum absolute atomic E-state index is 13.9. The first-order valence-corrected chi connectivity index (χ1v) is 11.5. The lowest BCUT2D eigenvalue weighted by Gasteiger charge is -2.33. The van der Waals surface area contributed by atoms with Gasteiger partial charge in [-0.1, -0.05) is 18.2 Å². The fourth-order valence-corrected chi connectivity index (χ4v) is 4.62. The Morgan fingerprint density at radius 1 is 0.829 bits per heavy atom. The zero-order valence-electron chi connectivity index (χ0n) is 18.7. The van der Waals surface area contributed by atoms with Gasteiger partial charge in [0.1, 0.15) is 11.5 Å². The normalized spacial score (nSPS) is 13.5. The Balaban J connectivity index is 1.33. The van der Waals surface area contributed by atoms with Crippen LogP contribution in [0.4, 0.5) is 10.1 Å². The number of nitrogens with one attached hydrogen (secondary N) is 2. The molecule has 0 radical (unpaired) electrons. The lowest BCUT2D eigenvalue weighted by Crippen LogP contribution is -2.36. The van der Waals surface area contributed by atoms with Crippen LogP contribution < -0.4 is 4.90 Å². The predicted molar refractivity (Wildman–Crippen MR) is 134 cm³/mol. The van der Waals surface area contributed by atoms with Crippen molar-refractivity contribution in [2.24, 2.45) is 0 Å². The summed E-state index contributed by atoms with van der Waals surface area (Å²) in [5, 5.41) is 8.62. The van der Waals surface area contributed by atoms with Crippen molar-refractivity contribution >= 4 is 27.6 Å². The molecule has 0 saturated carbocycles. The molecule has 1 aliphatic heterocycles. The minimum absolute atomic E-state index is 0.297. The van der Waals surface area contributed by atoms with Gasteiger partial charge in [0.05, 0.1) is 34.6 Å². The van der Waals surface area contributed by atoms with Crippen molar-refractivity contribution in [1.29, 1.82) is 0 Å². The minimum atomic E-state index is -0.297. The molecule has 35 heavy (non-hydrogen) atoms. The molecule has 7 nitrogen and oxygen atoms in total. The lowest BCUT2D eigenvalue weighted by molar-refractivity contribution is 0.617. The van der Waals surface area contributed by atoms with Gasteiger partial charge in [0.25, 0.3) is 0 Å². The molecule has 2 aromatic carbocycles. The Labute approximate surface area is 199 Å². The van der Waals surface area contributed by atoms with E-state index in [0.717, 1.165) is 68.7 Å². The van der Waals surface area contributed by atoms with Gasteiger partial charge in [-0.05, 0) is 47.9 Å². The standard InChI is InChI=1S/C27H20FN7/c28-19-4-1-3-17(9-19)22-14-30-15-24-25(22)32-27(31-24)26-21-11-16(5-6-23(21)33-34-26)18-10-20(13-29-12-18)35-7-2-8-35/h1,3-6,9-15H,2,7-8H2,(H,31,32)(H,33,34). The number of anilines is 1. The highest BCUT2D eigenvalue weighted by Crippen LogP contribution is 2.33. The summed E-state index contributed by atoms with van der Waals surface area (Å²) in [4.78, 5) is 19.3. The molecule has 1 aliphatic rings. The summed E-state index contributed by atoms with van der Waals surface area (Å²) < 4.78 is 13.9. The van der Waals surface area contributed by atoms with Crippen LogP contribution in [0.15, 0.2) is 73.3 Å². The number of benzene rings is 2. The van der Waals surface area contributed by atoms with E-state index in [1.54, 1.807) is 18.5 Å². The van der Waals surface area contributed by atoms with Gasteiger partial charge in [-0.15, -0.1) is 0 Å². The number of imidazole rings is 1. The third-order valence-electron chi connectivity index (χ3n) is 6.60. The van der Waals surface area contributed by atoms with Gasteiger partial charge in [-0.3, -0.25) is 15.1 Å². The summed E-state index contributed by atoms with van der Waals surface area (Å²) in [5.74, 6) is 0.329. The van der Waals surface area contributed by atoms with Gasteiger partial charge < -0.3 is 9.88 Å². The van der Waals surface area contributed by atoms with E-state index in [4.69, 9.17) is 4.98 Å². The second-order valence-corrected chi connectivity index (χ2v) is 8.78. The first-order chi connectivity index (χ1) is 17.2. The van der Waals surface area contributed by atoms with E-state index in [1.165, 1.54) is 18.6 Å². The molecule has 1 fully saturated rings. The molecule has 7 rings (SSSR count). The van der Waals surface area contributed by atoms with E-state index in [1.807, 2.05) is 24.5 Å². The van der Waals surface area contributed by atoms with Crippen LogP contribution in [0.3, 0.4) is 0 Å². The summed E-state index contributed by atoms with van der Waals surface area (Å²) in [6, 6.07) is 14.9. The van der Waals surface area contributed by atoms with E-state index in [0.29, 0.717) is 5.82 Å². The van der Waals surface area contributed by atoms with Gasteiger partial charge >= 0.3 is 0 Å². The van der Waals surface area contributed by atoms with Crippen molar-refractivity contribution < 1.29 is 4.39 Å². The van der Waals surface area contributed by atoms with Crippen LogP contribution in [-0.4, -0.2) is 43.2 Å². The summed E-state index contributed by atoms with van der Waals surface area (Å²) in [7, 11) is 0. The largest absolute Gasteiger partial charge is 0.370 e. The van der Waals surface area contributed by atoms with Crippen LogP contribution in [0.5, 0.6) is 0 Å². The molecule has 1 saturated heterocycles. The zero-order chi connectivity index (χ0) is 23.4. The summed E-state index contributed by atoms with van der Waals surface area (Å²) >= 11 is 0. The third-order valence-corrected chi connectivity index (χ3v) is 6.60. The van der Waals surface area contributed by atoms with Gasteiger partial charge in [-0.25, -0.2) is 9.37 Å². The second kappa shape index (κ2) is 7.73. The first kappa shape index (κ1) is 19.8. The number of hydrogen-bond acceptors (Lipinski definition) is 5. The predicted octanol–water partition coefficient (Wildman–Crippen LogP) is 5.58. The Hall–Kier alpha value is -4.59. The van der Waals surface area contributed by atoms with Crippen molar-refractivity contribution in [3.63, 3.8) is 0 Å². The number of halogens is 1. The van der Waals surface area contributed by atoms with E-state index >= 15 is 0 Å². The fourth-order valence-electron chi connectivity index (χ4n) is 4.62. The molecule has 0 amide bonds. The monoisotopic (exact) mass is 461 g/mol. The average molecular weight is 462 g/mol. The van der Waals surface area contributed by atoms with Gasteiger partial charge in [0.2, 0.25) is 0 Å². The van der Waals surface area contributed by atoms with Crippen LogP contribution in [0, 0.1) is 5.82 Å². The lowest BCUT2D eigenvalue weighted by atomic mass is 10.0. The van der Waals surface area contributed by atoms with E-state index in [2.05, 4.69) is 48.2 Å². The molecule has 0 aliphatic carbocycles. The highest BCUT2D eigenvalue weighted by atomic mass is 19.1. The maximum Gasteiger partial charge on any atom is 0.159 e. The van der Waals surface area contributed by atoms with Crippen molar-refractivity contribution in [1.82, 2.24) is 30.1 Å². The Bertz CT molecular complexity index is 1710. The molecule has 170 valence electrons. The molecule has 5 heterocycles. The molecule has 8 heteroatoms. The molecule has 0 bridgehead atoms. The number of fused-ring (bicyclic) bond motifs is 2. The molecular weight excluding hydrogens is 441 g/mol. The first-order valence-electron chi connectivity index (χ1n) is 11.5. The van der Waals surface area contributed by atoms with Crippen molar-refractivity contribution in [3.05, 3.63) is 79.1 Å². The third kappa shape index (κ3) is 3.33. The molecule has 0 atom stereocenters. The van der Waals surface area contributed by atoms with Crippen LogP contribution in [0.2, 0.25) is 0 Å². The number of aromatic amines is 2. The number of H-pyrrole nitrogens is 2. The number of hydrogen-bond donors (Lipinski definition) is 2. The van der Waals surface area contributed by atoms with Crippen molar-refractivity contribution in [3.8, 4) is 33.8 Å². The second-order valence-electron chi connectivity index (χ2n) is 8.78. The van der Waals surface area contributed by atoms with Crippen molar-refractivity contribution in [2.45, 2.75) is 6.42 Å². The Morgan fingerprint density at radius 2 is 1.74 bits per heavy atom. The number of nitrogens with zero attached hydrogens (tertiary/aromatic N) is 5. The number of aromatic nitrogens is 6. The SMILES string of the molecule is Fc1cccc(-c2cncc3[nH]c(-c4n[nH]c5ccc(-c6cncc(N7CCC7)c6)cc45)nc23)c1.